The number of likely N-dealkylation sites (tertiary alicyclic amines) is 1. The molecule has 6 nitrogen and oxygen atoms in total. The molecular formula is C23H28N4O2. The van der Waals surface area contributed by atoms with Crippen LogP contribution in [0.2, 0.25) is 0 Å². The van der Waals surface area contributed by atoms with Crippen LogP contribution in [0.15, 0.2) is 36.4 Å². The zero-order valence-electron chi connectivity index (χ0n) is 17.6. The lowest BCUT2D eigenvalue weighted by Gasteiger charge is -2.38. The van der Waals surface area contributed by atoms with E-state index in [0.717, 1.165) is 35.5 Å². The molecule has 0 aliphatic carbocycles. The van der Waals surface area contributed by atoms with Gasteiger partial charge >= 0.3 is 0 Å². The van der Waals surface area contributed by atoms with Crippen LogP contribution in [0, 0.1) is 6.92 Å². The van der Waals surface area contributed by atoms with E-state index in [9.17, 15) is 4.79 Å². The molecule has 0 bridgehead atoms. The highest BCUT2D eigenvalue weighted by atomic mass is 16.5. The zero-order chi connectivity index (χ0) is 20.5. The number of benzene rings is 1. The molecule has 1 aromatic carbocycles. The van der Waals surface area contributed by atoms with Gasteiger partial charge in [0.15, 0.2) is 11.3 Å². The number of ether oxygens (including phenoxy) is 1. The Balaban J connectivity index is 1.74. The molecule has 0 spiro atoms. The normalized spacial score (nSPS) is 19.5. The van der Waals surface area contributed by atoms with E-state index in [1.54, 1.807) is 10.6 Å². The molecule has 1 aliphatic heterocycles. The third-order valence-electron chi connectivity index (χ3n) is 5.66. The van der Waals surface area contributed by atoms with Crippen molar-refractivity contribution in [2.45, 2.75) is 59.0 Å². The second kappa shape index (κ2) is 7.85. The van der Waals surface area contributed by atoms with Gasteiger partial charge in [0.05, 0.1) is 12.3 Å². The second-order valence-corrected chi connectivity index (χ2v) is 7.88. The first-order valence-electron chi connectivity index (χ1n) is 10.4. The Morgan fingerprint density at radius 1 is 1.14 bits per heavy atom. The first kappa shape index (κ1) is 19.4. The van der Waals surface area contributed by atoms with Gasteiger partial charge in [0.2, 0.25) is 0 Å². The summed E-state index contributed by atoms with van der Waals surface area (Å²) in [5.41, 5.74) is 3.95. The minimum absolute atomic E-state index is 0.00880. The van der Waals surface area contributed by atoms with E-state index >= 15 is 0 Å². The van der Waals surface area contributed by atoms with E-state index in [1.165, 1.54) is 6.42 Å². The summed E-state index contributed by atoms with van der Waals surface area (Å²) in [6.45, 7) is 8.81. The molecule has 0 saturated carbocycles. The second-order valence-electron chi connectivity index (χ2n) is 7.88. The van der Waals surface area contributed by atoms with Crippen molar-refractivity contribution in [2.75, 3.05) is 6.61 Å². The van der Waals surface area contributed by atoms with Crippen molar-refractivity contribution in [1.29, 1.82) is 0 Å². The topological polar surface area (TPSA) is 59.7 Å². The summed E-state index contributed by atoms with van der Waals surface area (Å²) < 4.78 is 7.32. The molecule has 1 fully saturated rings. The number of nitrogens with zero attached hydrogens (tertiary/aromatic N) is 4. The van der Waals surface area contributed by atoms with Gasteiger partial charge in [-0.2, -0.15) is 5.10 Å². The van der Waals surface area contributed by atoms with Crippen molar-refractivity contribution >= 4 is 11.6 Å². The van der Waals surface area contributed by atoms with Gasteiger partial charge in [-0.1, -0.05) is 0 Å². The number of hydrogen-bond acceptors (Lipinski definition) is 4. The molecular weight excluding hydrogens is 364 g/mol. The molecule has 3 heterocycles. The Labute approximate surface area is 171 Å². The number of fused-ring (bicyclic) bond motifs is 1. The fraction of sp³-hybridized carbons (Fsp3) is 0.435. The van der Waals surface area contributed by atoms with Crippen LogP contribution in [0.5, 0.6) is 5.75 Å². The molecule has 29 heavy (non-hydrogen) atoms. The van der Waals surface area contributed by atoms with E-state index in [4.69, 9.17) is 4.74 Å². The fourth-order valence-corrected chi connectivity index (χ4v) is 4.25. The average molecular weight is 393 g/mol. The lowest BCUT2D eigenvalue weighted by atomic mass is 9.97. The van der Waals surface area contributed by atoms with Crippen molar-refractivity contribution < 1.29 is 9.53 Å². The van der Waals surface area contributed by atoms with E-state index in [1.807, 2.05) is 49.1 Å². The van der Waals surface area contributed by atoms with Gasteiger partial charge in [0.1, 0.15) is 5.75 Å². The summed E-state index contributed by atoms with van der Waals surface area (Å²) in [5, 5.41) is 4.66. The molecule has 0 radical (unpaired) electrons. The highest BCUT2D eigenvalue weighted by Crippen LogP contribution is 2.27. The largest absolute Gasteiger partial charge is 0.494 e. The van der Waals surface area contributed by atoms with Gasteiger partial charge in [-0.15, -0.1) is 0 Å². The number of amides is 1. The number of carbonyl (C=O) groups is 1. The molecule has 2 atom stereocenters. The van der Waals surface area contributed by atoms with Gasteiger partial charge in [-0.3, -0.25) is 4.79 Å². The molecule has 1 aliphatic rings. The Kier molecular flexibility index (Phi) is 5.26. The van der Waals surface area contributed by atoms with Crippen LogP contribution in [0.1, 0.15) is 56.2 Å². The quantitative estimate of drug-likeness (QED) is 0.656. The van der Waals surface area contributed by atoms with Gasteiger partial charge in [0, 0.05) is 29.4 Å². The van der Waals surface area contributed by atoms with Crippen LogP contribution >= 0.6 is 0 Å². The number of aromatic nitrogens is 3. The number of carbonyl (C=O) groups excluding carboxylic acids is 1. The SMILES string of the molecule is CCOc1ccc(-c2cc(C)nc3cc(C(=O)N4C(C)CCCC4C)nn23)cc1. The Hall–Kier alpha value is -2.89. The molecule has 0 N–H and O–H groups in total. The van der Waals surface area contributed by atoms with Gasteiger partial charge < -0.3 is 9.64 Å². The third-order valence-corrected chi connectivity index (χ3v) is 5.66. The van der Waals surface area contributed by atoms with Crippen LogP contribution < -0.4 is 4.74 Å². The highest BCUT2D eigenvalue weighted by Gasteiger charge is 2.31. The monoisotopic (exact) mass is 392 g/mol. The number of rotatable bonds is 4. The van der Waals surface area contributed by atoms with Crippen molar-refractivity contribution in [1.82, 2.24) is 19.5 Å². The summed E-state index contributed by atoms with van der Waals surface area (Å²) >= 11 is 0. The lowest BCUT2D eigenvalue weighted by Crippen LogP contribution is -2.47. The zero-order valence-corrected chi connectivity index (χ0v) is 17.6. The van der Waals surface area contributed by atoms with Gasteiger partial charge in [-0.25, -0.2) is 9.50 Å². The summed E-state index contributed by atoms with van der Waals surface area (Å²) in [5.74, 6) is 0.827. The summed E-state index contributed by atoms with van der Waals surface area (Å²) in [6.07, 6.45) is 3.25. The number of piperidine rings is 1. The van der Waals surface area contributed by atoms with Crippen LogP contribution in [0.4, 0.5) is 0 Å². The highest BCUT2D eigenvalue weighted by molar-refractivity contribution is 5.94. The maximum Gasteiger partial charge on any atom is 0.274 e. The van der Waals surface area contributed by atoms with Crippen LogP contribution in [0.25, 0.3) is 16.9 Å². The smallest absolute Gasteiger partial charge is 0.274 e. The molecule has 3 aromatic rings. The predicted molar refractivity (Wildman–Crippen MR) is 113 cm³/mol. The Morgan fingerprint density at radius 2 is 1.83 bits per heavy atom. The van der Waals surface area contributed by atoms with Gasteiger partial charge in [0.25, 0.3) is 5.91 Å². The van der Waals surface area contributed by atoms with Gasteiger partial charge in [-0.05, 0) is 77.3 Å². The number of aryl methyl sites for hydroxylation is 1. The molecule has 6 heteroatoms. The predicted octanol–water partition coefficient (Wildman–Crippen LogP) is 4.51. The molecule has 4 rings (SSSR count). The molecule has 152 valence electrons. The standard InChI is InChI=1S/C23H28N4O2/c1-5-29-19-11-9-18(10-12-19)21-13-15(2)24-22-14-20(25-27(21)22)23(28)26-16(3)7-6-8-17(26)4/h9-14,16-17H,5-8H2,1-4H3. The minimum atomic E-state index is -0.00880. The van der Waals surface area contributed by atoms with Crippen LogP contribution in [-0.2, 0) is 0 Å². The Morgan fingerprint density at radius 3 is 2.48 bits per heavy atom. The first-order chi connectivity index (χ1) is 14.0. The van der Waals surface area contributed by atoms with E-state index in [2.05, 4.69) is 23.9 Å². The van der Waals surface area contributed by atoms with Crippen LogP contribution in [0.3, 0.4) is 0 Å². The summed E-state index contributed by atoms with van der Waals surface area (Å²) in [4.78, 5) is 19.8. The number of hydrogen-bond donors (Lipinski definition) is 0. The summed E-state index contributed by atoms with van der Waals surface area (Å²) in [6, 6.07) is 12.2. The maximum atomic E-state index is 13.2. The molecule has 2 aromatic heterocycles. The van der Waals surface area contributed by atoms with Crippen molar-refractivity contribution in [3.05, 3.63) is 47.8 Å². The Bertz CT molecular complexity index is 1020. The average Bonchev–Trinajstić information content (AvgIpc) is 3.12. The minimum Gasteiger partial charge on any atom is -0.494 e. The van der Waals surface area contributed by atoms with Crippen LogP contribution in [-0.4, -0.2) is 44.1 Å². The van der Waals surface area contributed by atoms with Crippen molar-refractivity contribution in [2.24, 2.45) is 0 Å². The lowest BCUT2D eigenvalue weighted by molar-refractivity contribution is 0.0504. The third kappa shape index (κ3) is 3.71. The van der Waals surface area contributed by atoms with E-state index < -0.39 is 0 Å². The van der Waals surface area contributed by atoms with E-state index in [-0.39, 0.29) is 18.0 Å². The molecule has 1 amide bonds. The molecule has 1 saturated heterocycles. The molecule has 2 unspecified atom stereocenters. The summed E-state index contributed by atoms with van der Waals surface area (Å²) in [7, 11) is 0. The maximum absolute atomic E-state index is 13.2. The van der Waals surface area contributed by atoms with Crippen molar-refractivity contribution in [3.8, 4) is 17.0 Å². The van der Waals surface area contributed by atoms with Crippen molar-refractivity contribution in [3.63, 3.8) is 0 Å². The first-order valence-corrected chi connectivity index (χ1v) is 10.4. The fourth-order valence-electron chi connectivity index (χ4n) is 4.25. The van der Waals surface area contributed by atoms with E-state index in [0.29, 0.717) is 17.9 Å².